The number of nitrogens with two attached hydrogens (primary N) is 1. The van der Waals surface area contributed by atoms with Crippen LogP contribution in [-0.2, 0) is 12.8 Å². The molecule has 1 atom stereocenters. The molecule has 0 saturated heterocycles. The molecule has 0 spiro atoms. The Labute approximate surface area is 111 Å². The molecule has 0 saturated carbocycles. The fourth-order valence-electron chi connectivity index (χ4n) is 1.55. The number of hydrogen-bond acceptors (Lipinski definition) is 5. The van der Waals surface area contributed by atoms with E-state index in [4.69, 9.17) is 5.73 Å². The van der Waals surface area contributed by atoms with Crippen molar-refractivity contribution < 1.29 is 0 Å². The maximum absolute atomic E-state index is 5.92. The van der Waals surface area contributed by atoms with Crippen LogP contribution < -0.4 is 5.73 Å². The molecule has 0 aliphatic rings. The van der Waals surface area contributed by atoms with E-state index >= 15 is 0 Å². The predicted molar refractivity (Wildman–Crippen MR) is 76.3 cm³/mol. The lowest BCUT2D eigenvalue weighted by atomic mass is 10.2. The predicted octanol–water partition coefficient (Wildman–Crippen LogP) is 2.22. The van der Waals surface area contributed by atoms with E-state index in [1.54, 1.807) is 10.9 Å². The van der Waals surface area contributed by atoms with Crippen molar-refractivity contribution in [2.45, 2.75) is 31.8 Å². The zero-order valence-electron chi connectivity index (χ0n) is 11.2. The minimum absolute atomic E-state index is 0.515. The summed E-state index contributed by atoms with van der Waals surface area (Å²) in [4.78, 5) is 8.85. The van der Waals surface area contributed by atoms with Crippen LogP contribution in [-0.4, -0.2) is 25.0 Å². The van der Waals surface area contributed by atoms with Crippen molar-refractivity contribution in [3.8, 4) is 0 Å². The van der Waals surface area contributed by atoms with Gasteiger partial charge in [0, 0.05) is 12.3 Å². The van der Waals surface area contributed by atoms with Crippen LogP contribution in [0.3, 0.4) is 0 Å². The average molecular weight is 265 g/mol. The van der Waals surface area contributed by atoms with Crippen LogP contribution in [0.1, 0.15) is 26.6 Å². The lowest BCUT2D eigenvalue weighted by Gasteiger charge is -2.14. The van der Waals surface area contributed by atoms with E-state index in [2.05, 4.69) is 35.8 Å². The van der Waals surface area contributed by atoms with Gasteiger partial charge in [-0.3, -0.25) is 4.68 Å². The average Bonchev–Trinajstić information content (AvgIpc) is 2.68. The normalized spacial score (nSPS) is 13.4. The quantitative estimate of drug-likeness (QED) is 0.918. The molecule has 0 amide bonds. The Morgan fingerprint density at radius 2 is 2.06 bits per heavy atom. The van der Waals surface area contributed by atoms with E-state index in [9.17, 15) is 0 Å². The first kappa shape index (κ1) is 13.1. The van der Waals surface area contributed by atoms with Gasteiger partial charge in [0.15, 0.2) is 5.65 Å². The molecule has 1 unspecified atom stereocenters. The maximum atomic E-state index is 5.92. The third-order valence-electron chi connectivity index (χ3n) is 3.08. The Hall–Kier alpha value is -1.30. The second-order valence-corrected chi connectivity index (χ2v) is 6.16. The molecule has 0 fully saturated rings. The summed E-state index contributed by atoms with van der Waals surface area (Å²) >= 11 is 1.85. The number of thioether (sulfide) groups is 1. The summed E-state index contributed by atoms with van der Waals surface area (Å²) in [5.41, 5.74) is 6.72. The first-order chi connectivity index (χ1) is 8.49. The molecule has 5 nitrogen and oxygen atoms in total. The monoisotopic (exact) mass is 265 g/mol. The minimum atomic E-state index is 0.515. The van der Waals surface area contributed by atoms with Crippen molar-refractivity contribution >= 4 is 28.6 Å². The molecule has 2 aromatic rings. The second kappa shape index (κ2) is 5.14. The second-order valence-electron chi connectivity index (χ2n) is 4.79. The first-order valence-electron chi connectivity index (χ1n) is 6.04. The van der Waals surface area contributed by atoms with E-state index in [0.717, 1.165) is 22.6 Å². The smallest absolute Gasteiger partial charge is 0.163 e. The van der Waals surface area contributed by atoms with Crippen LogP contribution in [0.2, 0.25) is 0 Å². The van der Waals surface area contributed by atoms with E-state index in [0.29, 0.717) is 17.0 Å². The molecule has 0 radical (unpaired) electrons. The number of anilines is 1. The van der Waals surface area contributed by atoms with Gasteiger partial charge in [0.2, 0.25) is 0 Å². The molecule has 18 heavy (non-hydrogen) atoms. The first-order valence-corrected chi connectivity index (χ1v) is 7.09. The number of nitrogen functional groups attached to an aromatic ring is 1. The third-order valence-corrected chi connectivity index (χ3v) is 4.58. The maximum Gasteiger partial charge on any atom is 0.163 e. The highest BCUT2D eigenvalue weighted by Crippen LogP contribution is 2.23. The molecule has 2 N–H and O–H groups in total. The Morgan fingerprint density at radius 3 is 2.72 bits per heavy atom. The Morgan fingerprint density at radius 1 is 1.33 bits per heavy atom. The molecule has 6 heteroatoms. The van der Waals surface area contributed by atoms with Gasteiger partial charge in [0.05, 0.1) is 17.3 Å². The van der Waals surface area contributed by atoms with Crippen LogP contribution in [0.25, 0.3) is 11.0 Å². The molecule has 0 aliphatic carbocycles. The number of rotatable bonds is 4. The van der Waals surface area contributed by atoms with Gasteiger partial charge in [-0.25, -0.2) is 9.97 Å². The lowest BCUT2D eigenvalue weighted by molar-refractivity contribution is 0.642. The molecule has 2 rings (SSSR count). The third kappa shape index (κ3) is 2.58. The van der Waals surface area contributed by atoms with Gasteiger partial charge in [0.25, 0.3) is 0 Å². The van der Waals surface area contributed by atoms with Gasteiger partial charge in [-0.2, -0.15) is 16.9 Å². The number of aromatic nitrogens is 4. The summed E-state index contributed by atoms with van der Waals surface area (Å²) in [6, 6.07) is 0. The molecule has 0 aliphatic heterocycles. The number of aryl methyl sites for hydroxylation is 1. The van der Waals surface area contributed by atoms with Gasteiger partial charge >= 0.3 is 0 Å². The van der Waals surface area contributed by atoms with Crippen molar-refractivity contribution in [1.29, 1.82) is 0 Å². The van der Waals surface area contributed by atoms with Crippen molar-refractivity contribution in [3.05, 3.63) is 12.0 Å². The summed E-state index contributed by atoms with van der Waals surface area (Å²) in [6.45, 7) is 6.66. The summed E-state index contributed by atoms with van der Waals surface area (Å²) < 4.78 is 1.73. The molecule has 0 aromatic carbocycles. The highest BCUT2D eigenvalue weighted by atomic mass is 32.2. The molecular formula is C12H19N5S. The Bertz CT molecular complexity index is 549. The topological polar surface area (TPSA) is 69.6 Å². The fourth-order valence-corrected chi connectivity index (χ4v) is 2.48. The largest absolute Gasteiger partial charge is 0.383 e. The molecule has 2 aromatic heterocycles. The number of nitrogens with zero attached hydrogens (tertiary/aromatic N) is 4. The van der Waals surface area contributed by atoms with Crippen LogP contribution in [0.5, 0.6) is 0 Å². The van der Waals surface area contributed by atoms with E-state index in [1.165, 1.54) is 0 Å². The molecule has 0 bridgehead atoms. The SMILES string of the molecule is CC(C)C(C)SCc1nc(N)c2cnn(C)c2n1. The summed E-state index contributed by atoms with van der Waals surface area (Å²) in [6.07, 6.45) is 1.71. The number of hydrogen-bond donors (Lipinski definition) is 1. The highest BCUT2D eigenvalue weighted by molar-refractivity contribution is 7.99. The summed E-state index contributed by atoms with van der Waals surface area (Å²) in [5.74, 6) is 2.72. The van der Waals surface area contributed by atoms with E-state index in [1.807, 2.05) is 18.8 Å². The Balaban J connectivity index is 2.21. The van der Waals surface area contributed by atoms with Gasteiger partial charge in [-0.1, -0.05) is 20.8 Å². The van der Waals surface area contributed by atoms with Crippen LogP contribution in [0, 0.1) is 5.92 Å². The van der Waals surface area contributed by atoms with Gasteiger partial charge < -0.3 is 5.73 Å². The summed E-state index contributed by atoms with van der Waals surface area (Å²) in [7, 11) is 1.86. The minimum Gasteiger partial charge on any atom is -0.383 e. The fraction of sp³-hybridized carbons (Fsp3) is 0.583. The lowest BCUT2D eigenvalue weighted by Crippen LogP contribution is -2.08. The molecular weight excluding hydrogens is 246 g/mol. The highest BCUT2D eigenvalue weighted by Gasteiger charge is 2.12. The van der Waals surface area contributed by atoms with Crippen LogP contribution in [0.15, 0.2) is 6.20 Å². The standard InChI is InChI=1S/C12H19N5S/c1-7(2)8(3)18-6-10-15-11(13)9-5-14-17(4)12(9)16-10/h5,7-8H,6H2,1-4H3,(H2,13,15,16). The Kier molecular flexibility index (Phi) is 3.75. The molecule has 2 heterocycles. The van der Waals surface area contributed by atoms with Gasteiger partial charge in [-0.05, 0) is 5.92 Å². The zero-order chi connectivity index (χ0) is 13.3. The van der Waals surface area contributed by atoms with Gasteiger partial charge in [-0.15, -0.1) is 0 Å². The van der Waals surface area contributed by atoms with E-state index < -0.39 is 0 Å². The van der Waals surface area contributed by atoms with Crippen LogP contribution in [0.4, 0.5) is 5.82 Å². The zero-order valence-corrected chi connectivity index (χ0v) is 12.0. The van der Waals surface area contributed by atoms with Crippen molar-refractivity contribution in [1.82, 2.24) is 19.7 Å². The van der Waals surface area contributed by atoms with Crippen molar-refractivity contribution in [2.75, 3.05) is 5.73 Å². The van der Waals surface area contributed by atoms with Crippen molar-refractivity contribution in [3.63, 3.8) is 0 Å². The summed E-state index contributed by atoms with van der Waals surface area (Å²) in [5, 5.41) is 5.55. The van der Waals surface area contributed by atoms with E-state index in [-0.39, 0.29) is 0 Å². The van der Waals surface area contributed by atoms with Gasteiger partial charge in [0.1, 0.15) is 11.6 Å². The molecule has 98 valence electrons. The van der Waals surface area contributed by atoms with Crippen molar-refractivity contribution in [2.24, 2.45) is 13.0 Å². The number of fused-ring (bicyclic) bond motifs is 1. The van der Waals surface area contributed by atoms with Crippen LogP contribution >= 0.6 is 11.8 Å².